The average molecular weight is 366 g/mol. The standard InChI is InChI=1S/C18H18N6O3/c1-12-8-13(2)23(21-12)17-7-6-15(10-20-17)18(19)22-27-11-14-4-3-5-16(9-14)24(25)26/h3-10H,11H2,1-2H3,(H2,19,22). The van der Waals surface area contributed by atoms with Crippen LogP contribution in [0.25, 0.3) is 5.82 Å². The van der Waals surface area contributed by atoms with E-state index in [1.165, 1.54) is 12.1 Å². The first-order valence-electron chi connectivity index (χ1n) is 8.13. The van der Waals surface area contributed by atoms with Gasteiger partial charge in [0, 0.05) is 29.6 Å². The van der Waals surface area contributed by atoms with Crippen LogP contribution in [0.4, 0.5) is 5.69 Å². The molecule has 0 fully saturated rings. The molecule has 9 heteroatoms. The summed E-state index contributed by atoms with van der Waals surface area (Å²) in [6.45, 7) is 3.94. The SMILES string of the molecule is Cc1cc(C)n(-c2ccc(/C(N)=N/OCc3cccc([N+](=O)[O-])c3)cn2)n1. The van der Waals surface area contributed by atoms with Gasteiger partial charge < -0.3 is 10.6 Å². The van der Waals surface area contributed by atoms with Gasteiger partial charge in [0.05, 0.1) is 10.6 Å². The average Bonchev–Trinajstić information content (AvgIpc) is 3.00. The van der Waals surface area contributed by atoms with E-state index in [4.69, 9.17) is 10.6 Å². The summed E-state index contributed by atoms with van der Waals surface area (Å²) < 4.78 is 1.74. The van der Waals surface area contributed by atoms with Crippen LogP contribution in [0.5, 0.6) is 0 Å². The first kappa shape index (κ1) is 18.1. The number of non-ortho nitro benzene ring substituents is 1. The topological polar surface area (TPSA) is 121 Å². The van der Waals surface area contributed by atoms with Crippen LogP contribution in [0, 0.1) is 24.0 Å². The molecule has 138 valence electrons. The van der Waals surface area contributed by atoms with E-state index in [2.05, 4.69) is 15.2 Å². The second-order valence-electron chi connectivity index (χ2n) is 5.92. The molecule has 3 rings (SSSR count). The van der Waals surface area contributed by atoms with E-state index in [0.717, 1.165) is 11.4 Å². The number of benzene rings is 1. The molecular formula is C18H18N6O3. The van der Waals surface area contributed by atoms with E-state index >= 15 is 0 Å². The fourth-order valence-electron chi connectivity index (χ4n) is 2.51. The predicted molar refractivity (Wildman–Crippen MR) is 99.4 cm³/mol. The van der Waals surface area contributed by atoms with Gasteiger partial charge in [0.25, 0.3) is 5.69 Å². The molecule has 0 amide bonds. The molecule has 1 aromatic carbocycles. The van der Waals surface area contributed by atoms with Crippen molar-refractivity contribution in [1.82, 2.24) is 14.8 Å². The number of nitrogens with zero attached hydrogens (tertiary/aromatic N) is 5. The van der Waals surface area contributed by atoms with E-state index in [1.807, 2.05) is 19.9 Å². The third-order valence-electron chi connectivity index (χ3n) is 3.79. The Balaban J connectivity index is 1.67. The van der Waals surface area contributed by atoms with Crippen LogP contribution < -0.4 is 5.73 Å². The maximum absolute atomic E-state index is 10.8. The monoisotopic (exact) mass is 366 g/mol. The molecule has 0 saturated heterocycles. The molecule has 2 N–H and O–H groups in total. The van der Waals surface area contributed by atoms with Gasteiger partial charge in [-0.25, -0.2) is 9.67 Å². The summed E-state index contributed by atoms with van der Waals surface area (Å²) in [5, 5.41) is 19.0. The molecule has 2 heterocycles. The molecular weight excluding hydrogens is 348 g/mol. The molecule has 0 atom stereocenters. The second-order valence-corrected chi connectivity index (χ2v) is 5.92. The summed E-state index contributed by atoms with van der Waals surface area (Å²) >= 11 is 0. The Hall–Kier alpha value is -3.75. The maximum Gasteiger partial charge on any atom is 0.269 e. The molecule has 0 saturated carbocycles. The Morgan fingerprint density at radius 3 is 2.74 bits per heavy atom. The molecule has 27 heavy (non-hydrogen) atoms. The number of aryl methyl sites for hydroxylation is 2. The highest BCUT2D eigenvalue weighted by Crippen LogP contribution is 2.14. The van der Waals surface area contributed by atoms with Crippen molar-refractivity contribution in [2.45, 2.75) is 20.5 Å². The van der Waals surface area contributed by atoms with Crippen LogP contribution in [0.1, 0.15) is 22.5 Å². The number of pyridine rings is 1. The first-order valence-corrected chi connectivity index (χ1v) is 8.13. The van der Waals surface area contributed by atoms with Gasteiger partial charge in [-0.3, -0.25) is 10.1 Å². The van der Waals surface area contributed by atoms with Gasteiger partial charge >= 0.3 is 0 Å². The van der Waals surface area contributed by atoms with Crippen LogP contribution >= 0.6 is 0 Å². The van der Waals surface area contributed by atoms with Crippen molar-refractivity contribution in [2.75, 3.05) is 0 Å². The Kier molecular flexibility index (Phi) is 5.11. The summed E-state index contributed by atoms with van der Waals surface area (Å²) in [5.74, 6) is 0.836. The number of oxime groups is 1. The quantitative estimate of drug-likeness (QED) is 0.310. The Bertz CT molecular complexity index is 995. The van der Waals surface area contributed by atoms with Crippen molar-refractivity contribution in [1.29, 1.82) is 0 Å². The Morgan fingerprint density at radius 1 is 1.30 bits per heavy atom. The molecule has 0 spiro atoms. The summed E-state index contributed by atoms with van der Waals surface area (Å²) in [6.07, 6.45) is 1.58. The highest BCUT2D eigenvalue weighted by Gasteiger charge is 2.08. The van der Waals surface area contributed by atoms with Gasteiger partial charge in [-0.1, -0.05) is 17.3 Å². The van der Waals surface area contributed by atoms with E-state index in [-0.39, 0.29) is 18.1 Å². The van der Waals surface area contributed by atoms with Crippen molar-refractivity contribution in [3.05, 3.63) is 81.3 Å². The maximum atomic E-state index is 10.8. The third-order valence-corrected chi connectivity index (χ3v) is 3.79. The summed E-state index contributed by atoms with van der Waals surface area (Å²) in [4.78, 5) is 19.9. The van der Waals surface area contributed by atoms with Gasteiger partial charge in [-0.05, 0) is 37.6 Å². The number of nitro benzene ring substituents is 1. The lowest BCUT2D eigenvalue weighted by Gasteiger charge is -2.05. The highest BCUT2D eigenvalue weighted by molar-refractivity contribution is 5.96. The molecule has 0 aliphatic heterocycles. The smallest absolute Gasteiger partial charge is 0.269 e. The van der Waals surface area contributed by atoms with Crippen LogP contribution in [0.2, 0.25) is 0 Å². The number of aromatic nitrogens is 3. The molecule has 0 radical (unpaired) electrons. The molecule has 9 nitrogen and oxygen atoms in total. The number of hydrogen-bond donors (Lipinski definition) is 1. The molecule has 3 aromatic rings. The van der Waals surface area contributed by atoms with Crippen LogP contribution in [0.3, 0.4) is 0 Å². The lowest BCUT2D eigenvalue weighted by atomic mass is 10.2. The van der Waals surface area contributed by atoms with E-state index in [9.17, 15) is 10.1 Å². The van der Waals surface area contributed by atoms with E-state index < -0.39 is 4.92 Å². The van der Waals surface area contributed by atoms with Crippen molar-refractivity contribution in [3.63, 3.8) is 0 Å². The normalized spacial score (nSPS) is 11.4. The van der Waals surface area contributed by atoms with E-state index in [1.54, 1.807) is 35.1 Å². The molecule has 2 aromatic heterocycles. The van der Waals surface area contributed by atoms with Crippen molar-refractivity contribution in [2.24, 2.45) is 10.9 Å². The summed E-state index contributed by atoms with van der Waals surface area (Å²) in [5.41, 5.74) is 9.02. The zero-order chi connectivity index (χ0) is 19.4. The third kappa shape index (κ3) is 4.27. The largest absolute Gasteiger partial charge is 0.389 e. The molecule has 0 unspecified atom stereocenters. The number of nitrogens with two attached hydrogens (primary N) is 1. The highest BCUT2D eigenvalue weighted by atomic mass is 16.6. The number of nitro groups is 1. The lowest BCUT2D eigenvalue weighted by Crippen LogP contribution is -2.15. The number of amidine groups is 1. The zero-order valence-electron chi connectivity index (χ0n) is 14.9. The van der Waals surface area contributed by atoms with Gasteiger partial charge in [0.2, 0.25) is 0 Å². The minimum absolute atomic E-state index is 0.00279. The van der Waals surface area contributed by atoms with E-state index in [0.29, 0.717) is 16.9 Å². The number of rotatable bonds is 6. The Morgan fingerprint density at radius 2 is 2.11 bits per heavy atom. The second kappa shape index (κ2) is 7.65. The Labute approximate surface area is 155 Å². The fraction of sp³-hybridized carbons (Fsp3) is 0.167. The van der Waals surface area contributed by atoms with Crippen molar-refractivity contribution < 1.29 is 9.76 Å². The predicted octanol–water partition coefficient (Wildman–Crippen LogP) is 2.63. The van der Waals surface area contributed by atoms with Gasteiger partial charge in [0.15, 0.2) is 11.7 Å². The van der Waals surface area contributed by atoms with Gasteiger partial charge in [0.1, 0.15) is 6.61 Å². The van der Waals surface area contributed by atoms with Gasteiger partial charge in [-0.15, -0.1) is 0 Å². The fourth-order valence-corrected chi connectivity index (χ4v) is 2.51. The minimum Gasteiger partial charge on any atom is -0.389 e. The zero-order valence-corrected chi connectivity index (χ0v) is 14.9. The minimum atomic E-state index is -0.461. The van der Waals surface area contributed by atoms with Crippen LogP contribution in [-0.2, 0) is 11.4 Å². The van der Waals surface area contributed by atoms with Crippen molar-refractivity contribution in [3.8, 4) is 5.82 Å². The van der Waals surface area contributed by atoms with Crippen LogP contribution in [0.15, 0.2) is 53.8 Å². The number of hydrogen-bond acceptors (Lipinski definition) is 6. The van der Waals surface area contributed by atoms with Crippen LogP contribution in [-0.4, -0.2) is 25.5 Å². The molecule has 0 bridgehead atoms. The first-order chi connectivity index (χ1) is 12.9. The van der Waals surface area contributed by atoms with Gasteiger partial charge in [-0.2, -0.15) is 5.10 Å². The summed E-state index contributed by atoms with van der Waals surface area (Å²) in [6, 6.07) is 11.7. The molecule has 0 aliphatic carbocycles. The van der Waals surface area contributed by atoms with Crippen molar-refractivity contribution >= 4 is 11.5 Å². The summed E-state index contributed by atoms with van der Waals surface area (Å²) in [7, 11) is 0. The lowest BCUT2D eigenvalue weighted by molar-refractivity contribution is -0.384. The molecule has 0 aliphatic rings.